The molecule has 1 atom stereocenters. The fourth-order valence-electron chi connectivity index (χ4n) is 3.48. The van der Waals surface area contributed by atoms with E-state index in [0.717, 1.165) is 11.3 Å². The number of amides is 3. The fraction of sp³-hybridized carbons (Fsp3) is 0.455. The summed E-state index contributed by atoms with van der Waals surface area (Å²) < 4.78 is 0. The minimum Gasteiger partial charge on any atom is -0.353 e. The normalized spacial score (nSPS) is 16.1. The van der Waals surface area contributed by atoms with Gasteiger partial charge in [0.1, 0.15) is 11.0 Å². The van der Waals surface area contributed by atoms with Crippen molar-refractivity contribution in [3.8, 4) is 0 Å². The molecule has 3 rings (SSSR count). The number of aryl methyl sites for hydroxylation is 2. The van der Waals surface area contributed by atoms with E-state index in [2.05, 4.69) is 25.5 Å². The number of thioether (sulfide) groups is 1. The molecule has 8 nitrogen and oxygen atoms in total. The number of hydrogen-bond acceptors (Lipinski definition) is 6. The molecular formula is C22H29ClN6O2S. The van der Waals surface area contributed by atoms with Gasteiger partial charge in [0.25, 0.3) is 0 Å². The van der Waals surface area contributed by atoms with E-state index in [4.69, 9.17) is 11.6 Å². The summed E-state index contributed by atoms with van der Waals surface area (Å²) in [4.78, 5) is 37.3. The minimum atomic E-state index is -0.132. The number of urea groups is 1. The topological polar surface area (TPSA) is 90.5 Å². The smallest absolute Gasteiger partial charge is 0.317 e. The maximum Gasteiger partial charge on any atom is 0.317 e. The largest absolute Gasteiger partial charge is 0.353 e. The molecular weight excluding hydrogens is 448 g/mol. The zero-order valence-corrected chi connectivity index (χ0v) is 20.4. The van der Waals surface area contributed by atoms with E-state index in [1.54, 1.807) is 6.07 Å². The lowest BCUT2D eigenvalue weighted by Crippen LogP contribution is -2.56. The van der Waals surface area contributed by atoms with Crippen LogP contribution in [0, 0.1) is 13.8 Å². The molecule has 2 aromatic rings. The number of piperazine rings is 1. The highest BCUT2D eigenvalue weighted by Gasteiger charge is 2.28. The van der Waals surface area contributed by atoms with Crippen molar-refractivity contribution in [3.63, 3.8) is 0 Å². The maximum absolute atomic E-state index is 12.4. The first-order valence-electron chi connectivity index (χ1n) is 10.6. The highest BCUT2D eigenvalue weighted by molar-refractivity contribution is 7.99. The third-order valence-electron chi connectivity index (χ3n) is 5.32. The van der Waals surface area contributed by atoms with Crippen molar-refractivity contribution in [3.05, 3.63) is 40.5 Å². The molecule has 1 aliphatic heterocycles. The molecule has 0 aliphatic carbocycles. The van der Waals surface area contributed by atoms with Crippen molar-refractivity contribution < 1.29 is 9.59 Å². The van der Waals surface area contributed by atoms with Crippen LogP contribution in [-0.2, 0) is 4.79 Å². The van der Waals surface area contributed by atoms with Crippen LogP contribution in [0.5, 0.6) is 0 Å². The van der Waals surface area contributed by atoms with Crippen LogP contribution in [0.3, 0.4) is 0 Å². The van der Waals surface area contributed by atoms with Gasteiger partial charge in [0.2, 0.25) is 5.91 Å². The first-order valence-corrected chi connectivity index (χ1v) is 12.0. The van der Waals surface area contributed by atoms with E-state index in [-0.39, 0.29) is 23.7 Å². The van der Waals surface area contributed by atoms with Crippen LogP contribution in [0.15, 0.2) is 29.4 Å². The average Bonchev–Trinajstić information content (AvgIpc) is 2.74. The number of carbonyl (C=O) groups excluding carboxylic acids is 2. The lowest BCUT2D eigenvalue weighted by atomic mass is 10.1. The van der Waals surface area contributed by atoms with Crippen molar-refractivity contribution in [1.82, 2.24) is 20.2 Å². The van der Waals surface area contributed by atoms with E-state index >= 15 is 0 Å². The number of benzene rings is 1. The third-order valence-corrected chi connectivity index (χ3v) is 6.37. The summed E-state index contributed by atoms with van der Waals surface area (Å²) in [6.07, 6.45) is 0. The lowest BCUT2D eigenvalue weighted by molar-refractivity contribution is -0.113. The Bertz CT molecular complexity index is 989. The number of rotatable bonds is 6. The van der Waals surface area contributed by atoms with Crippen LogP contribution in [0.1, 0.15) is 25.0 Å². The third kappa shape index (κ3) is 6.26. The molecule has 32 heavy (non-hydrogen) atoms. The number of nitrogens with one attached hydrogen (secondary N) is 2. The summed E-state index contributed by atoms with van der Waals surface area (Å²) >= 11 is 7.48. The van der Waals surface area contributed by atoms with Crippen LogP contribution < -0.4 is 15.5 Å². The number of nitrogens with zero attached hydrogens (tertiary/aromatic N) is 4. The zero-order chi connectivity index (χ0) is 23.3. The summed E-state index contributed by atoms with van der Waals surface area (Å²) in [7, 11) is 0. The Morgan fingerprint density at radius 2 is 1.97 bits per heavy atom. The Kier molecular flexibility index (Phi) is 8.20. The van der Waals surface area contributed by atoms with Gasteiger partial charge in [0, 0.05) is 44.0 Å². The molecule has 1 unspecified atom stereocenters. The second-order valence-electron chi connectivity index (χ2n) is 7.79. The Hall–Kier alpha value is -2.52. The summed E-state index contributed by atoms with van der Waals surface area (Å²) in [6.45, 7) is 10.4. The molecule has 2 heterocycles. The number of carbonyl (C=O) groups is 2. The van der Waals surface area contributed by atoms with E-state index in [9.17, 15) is 9.59 Å². The van der Waals surface area contributed by atoms with Gasteiger partial charge in [-0.3, -0.25) is 4.79 Å². The molecule has 2 N–H and O–H groups in total. The Labute approximate surface area is 198 Å². The first-order chi connectivity index (χ1) is 15.3. The summed E-state index contributed by atoms with van der Waals surface area (Å²) in [6, 6.07) is 7.52. The van der Waals surface area contributed by atoms with Gasteiger partial charge >= 0.3 is 6.03 Å². The zero-order valence-electron chi connectivity index (χ0n) is 18.8. The van der Waals surface area contributed by atoms with Gasteiger partial charge in [-0.2, -0.15) is 0 Å². The quantitative estimate of drug-likeness (QED) is 0.375. The monoisotopic (exact) mass is 476 g/mol. The van der Waals surface area contributed by atoms with Gasteiger partial charge in [-0.15, -0.1) is 0 Å². The average molecular weight is 477 g/mol. The van der Waals surface area contributed by atoms with Gasteiger partial charge in [0.05, 0.1) is 5.75 Å². The molecule has 172 valence electrons. The standard InChI is InChI=1S/C22H29ClN6O2S/c1-5-24-22(31)29-9-8-28(12-16(29)4)19-11-18(23)26-21(27-19)32-13-20(30)25-17-7-6-14(2)15(3)10-17/h6-7,10-11,16H,5,8-9,12-13H2,1-4H3,(H,24,31)(H,25,30). The molecule has 0 saturated carbocycles. The highest BCUT2D eigenvalue weighted by atomic mass is 35.5. The molecule has 1 aliphatic rings. The summed E-state index contributed by atoms with van der Waals surface area (Å²) in [5.41, 5.74) is 3.07. The van der Waals surface area contributed by atoms with E-state index in [1.807, 2.05) is 50.8 Å². The van der Waals surface area contributed by atoms with Crippen molar-refractivity contribution in [2.75, 3.05) is 42.1 Å². The molecule has 0 bridgehead atoms. The lowest BCUT2D eigenvalue weighted by Gasteiger charge is -2.40. The Morgan fingerprint density at radius 3 is 2.66 bits per heavy atom. The SMILES string of the molecule is CCNC(=O)N1CCN(c2cc(Cl)nc(SCC(=O)Nc3ccc(C)c(C)c3)n2)CC1C. The summed E-state index contributed by atoms with van der Waals surface area (Å²) in [5.74, 6) is 0.741. The van der Waals surface area contributed by atoms with E-state index in [0.29, 0.717) is 42.3 Å². The Balaban J connectivity index is 1.60. The molecule has 0 spiro atoms. The molecule has 1 saturated heterocycles. The van der Waals surface area contributed by atoms with Crippen molar-refractivity contribution in [1.29, 1.82) is 0 Å². The van der Waals surface area contributed by atoms with Gasteiger partial charge < -0.3 is 20.4 Å². The van der Waals surface area contributed by atoms with Gasteiger partial charge in [0.15, 0.2) is 5.16 Å². The number of aromatic nitrogens is 2. The second kappa shape index (κ2) is 10.9. The fourth-order valence-corrected chi connectivity index (χ4v) is 4.36. The first kappa shape index (κ1) is 24.1. The molecule has 10 heteroatoms. The number of anilines is 2. The maximum atomic E-state index is 12.4. The van der Waals surface area contributed by atoms with Gasteiger partial charge in [-0.25, -0.2) is 14.8 Å². The molecule has 1 aromatic heterocycles. The van der Waals surface area contributed by atoms with Crippen LogP contribution in [0.4, 0.5) is 16.3 Å². The molecule has 1 aromatic carbocycles. The van der Waals surface area contributed by atoms with Crippen molar-refractivity contribution in [2.24, 2.45) is 0 Å². The molecule has 0 radical (unpaired) electrons. The van der Waals surface area contributed by atoms with Crippen molar-refractivity contribution >= 4 is 46.8 Å². The van der Waals surface area contributed by atoms with Crippen LogP contribution in [0.25, 0.3) is 0 Å². The molecule has 1 fully saturated rings. The second-order valence-corrected chi connectivity index (χ2v) is 9.12. The van der Waals surface area contributed by atoms with E-state index in [1.165, 1.54) is 17.3 Å². The van der Waals surface area contributed by atoms with Gasteiger partial charge in [-0.05, 0) is 51.0 Å². The molecule has 3 amide bonds. The van der Waals surface area contributed by atoms with Crippen LogP contribution in [0.2, 0.25) is 5.15 Å². The Morgan fingerprint density at radius 1 is 1.19 bits per heavy atom. The predicted octanol–water partition coefficient (Wildman–Crippen LogP) is 3.72. The summed E-state index contributed by atoms with van der Waals surface area (Å²) in [5, 5.41) is 6.52. The highest BCUT2D eigenvalue weighted by Crippen LogP contribution is 2.24. The van der Waals surface area contributed by atoms with Crippen LogP contribution >= 0.6 is 23.4 Å². The van der Waals surface area contributed by atoms with E-state index < -0.39 is 0 Å². The van der Waals surface area contributed by atoms with Gasteiger partial charge in [-0.1, -0.05) is 29.4 Å². The number of hydrogen-bond donors (Lipinski definition) is 2. The van der Waals surface area contributed by atoms with Crippen LogP contribution in [-0.4, -0.2) is 64.8 Å². The van der Waals surface area contributed by atoms with Crippen molar-refractivity contribution in [2.45, 2.75) is 38.9 Å². The predicted molar refractivity (Wildman–Crippen MR) is 130 cm³/mol. The number of halogens is 1. The minimum absolute atomic E-state index is 0.0314.